The highest BCUT2D eigenvalue weighted by Gasteiger charge is 2.20. The molecule has 0 bridgehead atoms. The van der Waals surface area contributed by atoms with Crippen molar-refractivity contribution in [2.24, 2.45) is 0 Å². The lowest BCUT2D eigenvalue weighted by atomic mass is 10.2. The second-order valence-electron chi connectivity index (χ2n) is 4.14. The van der Waals surface area contributed by atoms with Crippen molar-refractivity contribution in [3.63, 3.8) is 0 Å². The van der Waals surface area contributed by atoms with Crippen LogP contribution in [0.5, 0.6) is 0 Å². The van der Waals surface area contributed by atoms with E-state index in [1.54, 1.807) is 31.2 Å². The second-order valence-corrected chi connectivity index (χ2v) is 4.58. The van der Waals surface area contributed by atoms with E-state index in [1.165, 1.54) is 0 Å². The van der Waals surface area contributed by atoms with Gasteiger partial charge in [-0.05, 0) is 25.1 Å². The third-order valence-corrected chi connectivity index (χ3v) is 2.77. The highest BCUT2D eigenvalue weighted by atomic mass is 35.5. The van der Waals surface area contributed by atoms with Gasteiger partial charge in [0, 0.05) is 10.7 Å². The first-order valence-electron chi connectivity index (χ1n) is 5.91. The lowest BCUT2D eigenvalue weighted by Gasteiger charge is -2.06. The largest absolute Gasteiger partial charge is 0.452 e. The van der Waals surface area contributed by atoms with Gasteiger partial charge in [0.1, 0.15) is 5.56 Å². The Labute approximate surface area is 125 Å². The Morgan fingerprint density at radius 3 is 2.86 bits per heavy atom. The number of aromatic nitrogens is 1. The number of anilines is 2. The number of ether oxygens (including phenoxy) is 1. The van der Waals surface area contributed by atoms with Crippen molar-refractivity contribution < 1.29 is 18.8 Å². The Hall–Kier alpha value is -2.54. The molecule has 0 fully saturated rings. The van der Waals surface area contributed by atoms with Crippen molar-refractivity contribution in [3.8, 4) is 0 Å². The molecular weight excluding hydrogens is 298 g/mol. The third kappa shape index (κ3) is 3.73. The van der Waals surface area contributed by atoms with Crippen LogP contribution in [0.2, 0.25) is 5.02 Å². The number of benzene rings is 1. The molecule has 8 heteroatoms. The average molecular weight is 310 g/mol. The van der Waals surface area contributed by atoms with Crippen molar-refractivity contribution in [3.05, 3.63) is 40.5 Å². The van der Waals surface area contributed by atoms with Crippen LogP contribution in [0.1, 0.15) is 16.1 Å². The molecule has 0 radical (unpaired) electrons. The van der Waals surface area contributed by atoms with Crippen LogP contribution >= 0.6 is 11.6 Å². The number of aryl methyl sites for hydroxylation is 1. The summed E-state index contributed by atoms with van der Waals surface area (Å²) in [6.45, 7) is 1.08. The molecule has 3 N–H and O–H groups in total. The molecule has 1 aromatic carbocycles. The van der Waals surface area contributed by atoms with Crippen LogP contribution in [0, 0.1) is 6.92 Å². The molecule has 1 aromatic heterocycles. The lowest BCUT2D eigenvalue weighted by Crippen LogP contribution is -2.21. The van der Waals surface area contributed by atoms with Gasteiger partial charge in [-0.1, -0.05) is 22.8 Å². The minimum absolute atomic E-state index is 0.0190. The number of carbonyl (C=O) groups is 2. The summed E-state index contributed by atoms with van der Waals surface area (Å²) >= 11 is 5.79. The number of amides is 1. The van der Waals surface area contributed by atoms with E-state index in [4.69, 9.17) is 22.1 Å². The average Bonchev–Trinajstić information content (AvgIpc) is 2.76. The van der Waals surface area contributed by atoms with E-state index in [0.29, 0.717) is 16.4 Å². The fourth-order valence-corrected chi connectivity index (χ4v) is 1.79. The summed E-state index contributed by atoms with van der Waals surface area (Å²) in [5.74, 6) is -1.42. The number of esters is 1. The minimum Gasteiger partial charge on any atom is -0.452 e. The molecule has 2 rings (SSSR count). The van der Waals surface area contributed by atoms with E-state index in [1.807, 2.05) is 0 Å². The van der Waals surface area contributed by atoms with Crippen molar-refractivity contribution >= 4 is 35.0 Å². The lowest BCUT2D eigenvalue weighted by molar-refractivity contribution is -0.119. The van der Waals surface area contributed by atoms with Crippen LogP contribution in [0.3, 0.4) is 0 Å². The molecule has 2 aromatic rings. The predicted molar refractivity (Wildman–Crippen MR) is 76.0 cm³/mol. The van der Waals surface area contributed by atoms with Crippen molar-refractivity contribution in [1.29, 1.82) is 0 Å². The minimum atomic E-state index is -0.771. The van der Waals surface area contributed by atoms with Gasteiger partial charge in [0.15, 0.2) is 6.61 Å². The van der Waals surface area contributed by atoms with Gasteiger partial charge < -0.3 is 20.3 Å². The van der Waals surface area contributed by atoms with Crippen molar-refractivity contribution in [2.45, 2.75) is 6.92 Å². The zero-order valence-electron chi connectivity index (χ0n) is 11.1. The van der Waals surface area contributed by atoms with Crippen LogP contribution < -0.4 is 11.1 Å². The second kappa shape index (κ2) is 6.27. The summed E-state index contributed by atoms with van der Waals surface area (Å²) in [6.07, 6.45) is 0. The van der Waals surface area contributed by atoms with Crippen LogP contribution in [0.4, 0.5) is 11.6 Å². The summed E-state index contributed by atoms with van der Waals surface area (Å²) in [7, 11) is 0. The highest BCUT2D eigenvalue weighted by Crippen LogP contribution is 2.17. The van der Waals surface area contributed by atoms with E-state index in [-0.39, 0.29) is 11.4 Å². The number of hydrogen-bond donors (Lipinski definition) is 2. The molecule has 0 unspecified atom stereocenters. The SMILES string of the molecule is Cc1noc(N)c1C(=O)OCC(=O)Nc1cccc(Cl)c1. The van der Waals surface area contributed by atoms with E-state index in [2.05, 4.69) is 15.0 Å². The fraction of sp³-hybridized carbons (Fsp3) is 0.154. The molecule has 0 aliphatic heterocycles. The van der Waals surface area contributed by atoms with Gasteiger partial charge in [0.25, 0.3) is 5.91 Å². The molecule has 0 saturated carbocycles. The Kier molecular flexibility index (Phi) is 4.44. The van der Waals surface area contributed by atoms with Crippen molar-refractivity contribution in [1.82, 2.24) is 5.16 Å². The number of carbonyl (C=O) groups excluding carboxylic acids is 2. The monoisotopic (exact) mass is 309 g/mol. The fourth-order valence-electron chi connectivity index (χ4n) is 1.60. The van der Waals surface area contributed by atoms with E-state index in [9.17, 15) is 9.59 Å². The van der Waals surface area contributed by atoms with Gasteiger partial charge in [-0.2, -0.15) is 0 Å². The summed E-state index contributed by atoms with van der Waals surface area (Å²) in [5, 5.41) is 6.55. The first-order valence-corrected chi connectivity index (χ1v) is 6.29. The molecule has 7 nitrogen and oxygen atoms in total. The molecule has 21 heavy (non-hydrogen) atoms. The maximum absolute atomic E-state index is 11.8. The molecule has 0 aliphatic carbocycles. The molecule has 0 aliphatic rings. The predicted octanol–water partition coefficient (Wildman–Crippen LogP) is 2.01. The van der Waals surface area contributed by atoms with E-state index in [0.717, 1.165) is 0 Å². The van der Waals surface area contributed by atoms with Crippen LogP contribution in [0.15, 0.2) is 28.8 Å². The highest BCUT2D eigenvalue weighted by molar-refractivity contribution is 6.30. The maximum Gasteiger partial charge on any atom is 0.346 e. The Morgan fingerprint density at radius 2 is 2.24 bits per heavy atom. The van der Waals surface area contributed by atoms with Gasteiger partial charge in [-0.15, -0.1) is 0 Å². The van der Waals surface area contributed by atoms with Gasteiger partial charge in [-0.3, -0.25) is 4.79 Å². The molecule has 1 heterocycles. The van der Waals surface area contributed by atoms with E-state index >= 15 is 0 Å². The number of nitrogens with one attached hydrogen (secondary N) is 1. The zero-order valence-corrected chi connectivity index (χ0v) is 11.8. The number of nitrogens with zero attached hydrogens (tertiary/aromatic N) is 1. The Morgan fingerprint density at radius 1 is 1.48 bits per heavy atom. The van der Waals surface area contributed by atoms with E-state index < -0.39 is 18.5 Å². The summed E-state index contributed by atoms with van der Waals surface area (Å²) in [4.78, 5) is 23.4. The van der Waals surface area contributed by atoms with Crippen LogP contribution in [-0.2, 0) is 9.53 Å². The van der Waals surface area contributed by atoms with Crippen LogP contribution in [-0.4, -0.2) is 23.6 Å². The number of rotatable bonds is 4. The van der Waals surface area contributed by atoms with Gasteiger partial charge in [0.05, 0.1) is 5.69 Å². The first kappa shape index (κ1) is 14.9. The van der Waals surface area contributed by atoms with Crippen molar-refractivity contribution in [2.75, 3.05) is 17.7 Å². The Bertz CT molecular complexity index is 664. The number of hydrogen-bond acceptors (Lipinski definition) is 6. The molecule has 0 saturated heterocycles. The number of halogens is 1. The quantitative estimate of drug-likeness (QED) is 0.836. The number of nitrogen functional groups attached to an aromatic ring is 1. The normalized spacial score (nSPS) is 10.2. The third-order valence-electron chi connectivity index (χ3n) is 2.54. The Balaban J connectivity index is 1.91. The molecular formula is C13H12ClN3O4. The topological polar surface area (TPSA) is 107 Å². The summed E-state index contributed by atoms with van der Waals surface area (Å²) in [5.41, 5.74) is 6.27. The van der Waals surface area contributed by atoms with Gasteiger partial charge in [0.2, 0.25) is 5.88 Å². The molecule has 0 spiro atoms. The maximum atomic E-state index is 11.8. The van der Waals surface area contributed by atoms with Gasteiger partial charge in [-0.25, -0.2) is 4.79 Å². The molecule has 110 valence electrons. The smallest absolute Gasteiger partial charge is 0.346 e. The summed E-state index contributed by atoms with van der Waals surface area (Å²) in [6, 6.07) is 6.59. The van der Waals surface area contributed by atoms with Crippen LogP contribution in [0.25, 0.3) is 0 Å². The summed E-state index contributed by atoms with van der Waals surface area (Å²) < 4.78 is 9.49. The standard InChI is InChI=1S/C13H12ClN3O4/c1-7-11(12(15)21-17-7)13(19)20-6-10(18)16-9-4-2-3-8(14)5-9/h2-5H,6,15H2,1H3,(H,16,18). The number of nitrogens with two attached hydrogens (primary N) is 1. The molecule has 1 amide bonds. The molecule has 0 atom stereocenters. The first-order chi connectivity index (χ1) is 9.97. The van der Waals surface area contributed by atoms with Gasteiger partial charge >= 0.3 is 5.97 Å². The zero-order chi connectivity index (χ0) is 15.4.